The van der Waals surface area contributed by atoms with Gasteiger partial charge in [0, 0.05) is 12.8 Å². The van der Waals surface area contributed by atoms with Crippen LogP contribution in [0.15, 0.2) is 4.52 Å². The van der Waals surface area contributed by atoms with Crippen LogP contribution in [0.3, 0.4) is 0 Å². The number of rotatable bonds is 7. The number of aryl methyl sites for hydroxylation is 1. The average Bonchev–Trinajstić information content (AvgIpc) is 2.66. The number of unbranched alkanes of at least 4 members (excludes halogenated alkanes) is 1. The van der Waals surface area contributed by atoms with Crippen molar-refractivity contribution in [3.05, 3.63) is 11.7 Å². The zero-order valence-corrected chi connectivity index (χ0v) is 10.6. The van der Waals surface area contributed by atoms with Gasteiger partial charge in [-0.1, -0.05) is 19.0 Å². The van der Waals surface area contributed by atoms with E-state index >= 15 is 0 Å². The van der Waals surface area contributed by atoms with E-state index in [2.05, 4.69) is 30.1 Å². The summed E-state index contributed by atoms with van der Waals surface area (Å²) in [5.74, 6) is 4.01. The highest BCUT2D eigenvalue weighted by atomic mass is 32.2. The smallest absolute Gasteiger partial charge is 0.226 e. The molecule has 88 valence electrons. The van der Waals surface area contributed by atoms with Crippen LogP contribution in [0.4, 0.5) is 0 Å². The summed E-state index contributed by atoms with van der Waals surface area (Å²) in [5, 5.41) is 12.3. The topological polar surface area (TPSA) is 62.7 Å². The van der Waals surface area contributed by atoms with E-state index in [1.807, 2.05) is 11.8 Å². The van der Waals surface area contributed by atoms with Crippen LogP contribution in [0.5, 0.6) is 0 Å². The Hall–Kier alpha value is -1.02. The quantitative estimate of drug-likeness (QED) is 0.685. The van der Waals surface area contributed by atoms with E-state index in [-0.39, 0.29) is 0 Å². The van der Waals surface area contributed by atoms with Gasteiger partial charge in [0.2, 0.25) is 5.89 Å². The summed E-state index contributed by atoms with van der Waals surface area (Å²) in [6, 6.07) is 2.10. The fraction of sp³-hybridized carbons (Fsp3) is 0.727. The van der Waals surface area contributed by atoms with Gasteiger partial charge in [-0.3, -0.25) is 0 Å². The molecule has 1 aromatic heterocycles. The second-order valence-electron chi connectivity index (χ2n) is 4.02. The molecule has 0 aliphatic carbocycles. The maximum atomic E-state index is 8.40. The summed E-state index contributed by atoms with van der Waals surface area (Å²) in [7, 11) is 0. The lowest BCUT2D eigenvalue weighted by atomic mass is 10.2. The third kappa shape index (κ3) is 5.17. The number of nitrogens with zero attached hydrogens (tertiary/aromatic N) is 3. The zero-order valence-electron chi connectivity index (χ0n) is 9.77. The lowest BCUT2D eigenvalue weighted by molar-refractivity contribution is 0.372. The largest absolute Gasteiger partial charge is 0.339 e. The van der Waals surface area contributed by atoms with E-state index in [9.17, 15) is 0 Å². The van der Waals surface area contributed by atoms with Crippen LogP contribution in [0, 0.1) is 17.2 Å². The second-order valence-corrected chi connectivity index (χ2v) is 5.06. The van der Waals surface area contributed by atoms with Crippen LogP contribution < -0.4 is 0 Å². The minimum Gasteiger partial charge on any atom is -0.339 e. The van der Waals surface area contributed by atoms with E-state index in [0.717, 1.165) is 23.8 Å². The van der Waals surface area contributed by atoms with Crippen molar-refractivity contribution in [1.82, 2.24) is 10.1 Å². The predicted molar refractivity (Wildman–Crippen MR) is 63.8 cm³/mol. The van der Waals surface area contributed by atoms with E-state index in [4.69, 9.17) is 9.78 Å². The van der Waals surface area contributed by atoms with Gasteiger partial charge in [-0.25, -0.2) is 0 Å². The summed E-state index contributed by atoms with van der Waals surface area (Å²) in [4.78, 5) is 4.27. The van der Waals surface area contributed by atoms with Crippen molar-refractivity contribution >= 4 is 11.8 Å². The van der Waals surface area contributed by atoms with Gasteiger partial charge in [0.25, 0.3) is 0 Å². The predicted octanol–water partition coefficient (Wildman–Crippen LogP) is 2.81. The molecule has 0 amide bonds. The van der Waals surface area contributed by atoms with Crippen LogP contribution in [0.1, 0.15) is 38.4 Å². The first-order chi connectivity index (χ1) is 7.72. The fourth-order valence-electron chi connectivity index (χ4n) is 1.15. The molecule has 0 unspecified atom stereocenters. The summed E-state index contributed by atoms with van der Waals surface area (Å²) in [5.41, 5.74) is 0. The Labute approximate surface area is 100 Å². The first kappa shape index (κ1) is 13.0. The minimum atomic E-state index is 0.541. The van der Waals surface area contributed by atoms with Crippen molar-refractivity contribution in [2.45, 2.75) is 38.9 Å². The number of nitriles is 1. The monoisotopic (exact) mass is 239 g/mol. The molecule has 16 heavy (non-hydrogen) atoms. The SMILES string of the molecule is CC(C)CSCc1noc(CCCC#N)n1. The maximum Gasteiger partial charge on any atom is 0.226 e. The van der Waals surface area contributed by atoms with Crippen LogP contribution in [0.2, 0.25) is 0 Å². The van der Waals surface area contributed by atoms with Gasteiger partial charge in [0.15, 0.2) is 5.82 Å². The van der Waals surface area contributed by atoms with Crippen molar-refractivity contribution in [3.8, 4) is 6.07 Å². The highest BCUT2D eigenvalue weighted by Gasteiger charge is 2.06. The van der Waals surface area contributed by atoms with Crippen molar-refractivity contribution in [2.24, 2.45) is 5.92 Å². The van der Waals surface area contributed by atoms with Crippen molar-refractivity contribution in [1.29, 1.82) is 5.26 Å². The van der Waals surface area contributed by atoms with Gasteiger partial charge in [-0.2, -0.15) is 22.0 Å². The molecule has 0 bridgehead atoms. The summed E-state index contributed by atoms with van der Waals surface area (Å²) >= 11 is 1.82. The Morgan fingerprint density at radius 3 is 3.00 bits per heavy atom. The molecule has 0 saturated carbocycles. The lowest BCUT2D eigenvalue weighted by Gasteiger charge is -2.00. The molecule has 0 fully saturated rings. The molecule has 1 rings (SSSR count). The third-order valence-corrected chi connectivity index (χ3v) is 3.24. The van der Waals surface area contributed by atoms with E-state index in [1.54, 1.807) is 0 Å². The first-order valence-corrected chi connectivity index (χ1v) is 6.64. The molecule has 0 atom stereocenters. The number of hydrogen-bond donors (Lipinski definition) is 0. The molecule has 5 heteroatoms. The number of hydrogen-bond acceptors (Lipinski definition) is 5. The molecule has 1 aromatic rings. The van der Waals surface area contributed by atoms with Crippen molar-refractivity contribution < 1.29 is 4.52 Å². The van der Waals surface area contributed by atoms with Gasteiger partial charge in [-0.05, 0) is 18.1 Å². The Morgan fingerprint density at radius 2 is 2.31 bits per heavy atom. The van der Waals surface area contributed by atoms with Gasteiger partial charge >= 0.3 is 0 Å². The molecular weight excluding hydrogens is 222 g/mol. The first-order valence-electron chi connectivity index (χ1n) is 5.48. The van der Waals surface area contributed by atoms with Gasteiger partial charge in [0.05, 0.1) is 11.8 Å². The zero-order chi connectivity index (χ0) is 11.8. The summed E-state index contributed by atoms with van der Waals surface area (Å²) in [6.07, 6.45) is 2.03. The average molecular weight is 239 g/mol. The maximum absolute atomic E-state index is 8.40. The molecular formula is C11H17N3OS. The molecule has 4 nitrogen and oxygen atoms in total. The molecule has 0 aliphatic rings. The molecule has 0 N–H and O–H groups in total. The summed E-state index contributed by atoms with van der Waals surface area (Å²) < 4.78 is 5.08. The van der Waals surface area contributed by atoms with Crippen molar-refractivity contribution in [3.63, 3.8) is 0 Å². The Kier molecular flexibility index (Phi) is 5.94. The molecule has 0 radical (unpaired) electrons. The van der Waals surface area contributed by atoms with Crippen LogP contribution in [0.25, 0.3) is 0 Å². The van der Waals surface area contributed by atoms with Gasteiger partial charge in [-0.15, -0.1) is 0 Å². The summed E-state index contributed by atoms with van der Waals surface area (Å²) in [6.45, 7) is 4.38. The molecule has 1 heterocycles. The number of aromatic nitrogens is 2. The van der Waals surface area contributed by atoms with Crippen LogP contribution in [-0.4, -0.2) is 15.9 Å². The minimum absolute atomic E-state index is 0.541. The molecule has 0 spiro atoms. The van der Waals surface area contributed by atoms with Crippen molar-refractivity contribution in [2.75, 3.05) is 5.75 Å². The van der Waals surface area contributed by atoms with Crippen LogP contribution in [-0.2, 0) is 12.2 Å². The second kappa shape index (κ2) is 7.29. The molecule has 0 saturated heterocycles. The Morgan fingerprint density at radius 1 is 1.50 bits per heavy atom. The van der Waals surface area contributed by atoms with Gasteiger partial charge in [0.1, 0.15) is 0 Å². The Bertz CT molecular complexity index is 343. The van der Waals surface area contributed by atoms with Crippen LogP contribution >= 0.6 is 11.8 Å². The third-order valence-electron chi connectivity index (χ3n) is 1.87. The normalized spacial score (nSPS) is 10.6. The highest BCUT2D eigenvalue weighted by Crippen LogP contribution is 2.13. The molecule has 0 aromatic carbocycles. The highest BCUT2D eigenvalue weighted by molar-refractivity contribution is 7.98. The van der Waals surface area contributed by atoms with Gasteiger partial charge < -0.3 is 4.52 Å². The fourth-order valence-corrected chi connectivity index (χ4v) is 2.04. The lowest BCUT2D eigenvalue weighted by Crippen LogP contribution is -1.93. The number of thioether (sulfide) groups is 1. The standard InChI is InChI=1S/C11H17N3OS/c1-9(2)7-16-8-10-13-11(15-14-10)5-3-4-6-12/h9H,3-5,7-8H2,1-2H3. The van der Waals surface area contributed by atoms with E-state index < -0.39 is 0 Å². The van der Waals surface area contributed by atoms with E-state index in [0.29, 0.717) is 24.7 Å². The van der Waals surface area contributed by atoms with E-state index in [1.165, 1.54) is 0 Å². The Balaban J connectivity index is 2.26. The molecule has 0 aliphatic heterocycles.